The predicted molar refractivity (Wildman–Crippen MR) is 79.5 cm³/mol. The van der Waals surface area contributed by atoms with Crippen LogP contribution in [-0.2, 0) is 6.54 Å². The maximum atomic E-state index is 4.80. The summed E-state index contributed by atoms with van der Waals surface area (Å²) in [5, 5.41) is 4.47. The van der Waals surface area contributed by atoms with Gasteiger partial charge in [-0.1, -0.05) is 19.8 Å². The topological polar surface area (TPSA) is 28.2 Å². The molecule has 102 valence electrons. The molecule has 0 aromatic carbocycles. The molecule has 1 fully saturated rings. The molecule has 0 saturated carbocycles. The number of nitrogens with one attached hydrogen (secondary N) is 1. The van der Waals surface area contributed by atoms with Gasteiger partial charge in [-0.25, -0.2) is 4.98 Å². The minimum atomic E-state index is 0.695. The van der Waals surface area contributed by atoms with Crippen LogP contribution in [0.25, 0.3) is 0 Å². The van der Waals surface area contributed by atoms with E-state index in [1.807, 2.05) is 18.4 Å². The van der Waals surface area contributed by atoms with Gasteiger partial charge in [0.1, 0.15) is 0 Å². The van der Waals surface area contributed by atoms with E-state index in [9.17, 15) is 0 Å². The van der Waals surface area contributed by atoms with Crippen molar-refractivity contribution in [2.45, 2.75) is 58.5 Å². The Hall–Kier alpha value is -0.610. The van der Waals surface area contributed by atoms with Crippen LogP contribution in [0.4, 0.5) is 5.13 Å². The van der Waals surface area contributed by atoms with Crippen molar-refractivity contribution < 1.29 is 0 Å². The molecule has 1 N–H and O–H groups in total. The lowest BCUT2D eigenvalue weighted by atomic mass is 10.1. The average molecular weight is 267 g/mol. The van der Waals surface area contributed by atoms with Gasteiger partial charge in [-0.05, 0) is 33.2 Å². The zero-order chi connectivity index (χ0) is 13.0. The fourth-order valence-corrected chi connectivity index (χ4v) is 3.88. The highest BCUT2D eigenvalue weighted by Gasteiger charge is 2.22. The Morgan fingerprint density at radius 1 is 1.39 bits per heavy atom. The summed E-state index contributed by atoms with van der Waals surface area (Å²) in [4.78, 5) is 8.74. The average Bonchev–Trinajstić information content (AvgIpc) is 2.61. The third-order valence-corrected chi connectivity index (χ3v) is 5.01. The fourth-order valence-electron chi connectivity index (χ4n) is 2.71. The molecule has 0 bridgehead atoms. The summed E-state index contributed by atoms with van der Waals surface area (Å²) in [6.07, 6.45) is 6.64. The Balaban J connectivity index is 2.19. The molecule has 4 heteroatoms. The van der Waals surface area contributed by atoms with Gasteiger partial charge in [0, 0.05) is 24.0 Å². The maximum Gasteiger partial charge on any atom is 0.186 e. The van der Waals surface area contributed by atoms with Crippen molar-refractivity contribution in [1.82, 2.24) is 10.3 Å². The first-order chi connectivity index (χ1) is 8.76. The second-order valence-corrected chi connectivity index (χ2v) is 6.20. The lowest BCUT2D eigenvalue weighted by Crippen LogP contribution is -2.34. The first-order valence-corrected chi connectivity index (χ1v) is 7.95. The first-order valence-electron chi connectivity index (χ1n) is 7.13. The maximum absolute atomic E-state index is 4.80. The summed E-state index contributed by atoms with van der Waals surface area (Å²) in [6.45, 7) is 6.56. The van der Waals surface area contributed by atoms with E-state index in [4.69, 9.17) is 4.98 Å². The Morgan fingerprint density at radius 3 is 2.94 bits per heavy atom. The molecule has 0 amide bonds. The van der Waals surface area contributed by atoms with Crippen LogP contribution in [0.5, 0.6) is 0 Å². The molecule has 1 aliphatic rings. The monoisotopic (exact) mass is 267 g/mol. The number of hydrogen-bond acceptors (Lipinski definition) is 4. The van der Waals surface area contributed by atoms with Gasteiger partial charge in [0.15, 0.2) is 5.13 Å². The van der Waals surface area contributed by atoms with Crippen LogP contribution in [0, 0.1) is 6.92 Å². The van der Waals surface area contributed by atoms with Crippen molar-refractivity contribution in [3.8, 4) is 0 Å². The van der Waals surface area contributed by atoms with Crippen LogP contribution >= 0.6 is 11.3 Å². The lowest BCUT2D eigenvalue weighted by molar-refractivity contribution is 0.555. The summed E-state index contributed by atoms with van der Waals surface area (Å²) in [5.74, 6) is 0. The summed E-state index contributed by atoms with van der Waals surface area (Å²) < 4.78 is 0. The number of thiazole rings is 1. The molecule has 1 unspecified atom stereocenters. The van der Waals surface area contributed by atoms with Crippen molar-refractivity contribution >= 4 is 16.5 Å². The van der Waals surface area contributed by atoms with E-state index < -0.39 is 0 Å². The third kappa shape index (κ3) is 3.04. The molecule has 1 aromatic heterocycles. The van der Waals surface area contributed by atoms with E-state index in [0.717, 1.165) is 6.54 Å². The summed E-state index contributed by atoms with van der Waals surface area (Å²) in [6, 6.07) is 0.695. The fraction of sp³-hybridized carbons (Fsp3) is 0.786. The smallest absolute Gasteiger partial charge is 0.186 e. The lowest BCUT2D eigenvalue weighted by Gasteiger charge is -2.28. The van der Waals surface area contributed by atoms with Gasteiger partial charge in [-0.15, -0.1) is 11.3 Å². The van der Waals surface area contributed by atoms with Gasteiger partial charge >= 0.3 is 0 Å². The van der Waals surface area contributed by atoms with Gasteiger partial charge in [-0.2, -0.15) is 0 Å². The number of anilines is 1. The highest BCUT2D eigenvalue weighted by molar-refractivity contribution is 7.15. The largest absolute Gasteiger partial charge is 0.345 e. The van der Waals surface area contributed by atoms with Gasteiger partial charge in [-0.3, -0.25) is 0 Å². The molecule has 1 aromatic rings. The summed E-state index contributed by atoms with van der Waals surface area (Å²) in [7, 11) is 2.00. The van der Waals surface area contributed by atoms with Crippen molar-refractivity contribution in [3.63, 3.8) is 0 Å². The minimum absolute atomic E-state index is 0.695. The van der Waals surface area contributed by atoms with Crippen LogP contribution in [0.15, 0.2) is 0 Å². The highest BCUT2D eigenvalue weighted by Crippen LogP contribution is 2.31. The van der Waals surface area contributed by atoms with Crippen molar-refractivity contribution in [1.29, 1.82) is 0 Å². The van der Waals surface area contributed by atoms with E-state index in [0.29, 0.717) is 6.04 Å². The molecule has 1 aliphatic heterocycles. The molecule has 0 radical (unpaired) electrons. The van der Waals surface area contributed by atoms with Crippen molar-refractivity contribution in [2.24, 2.45) is 0 Å². The van der Waals surface area contributed by atoms with Gasteiger partial charge < -0.3 is 10.2 Å². The molecule has 1 atom stereocenters. The second kappa shape index (κ2) is 6.53. The number of rotatable bonds is 4. The van der Waals surface area contributed by atoms with Crippen LogP contribution < -0.4 is 10.2 Å². The Kier molecular flexibility index (Phi) is 5.01. The number of aromatic nitrogens is 1. The number of aryl methyl sites for hydroxylation is 1. The predicted octanol–water partition coefficient (Wildman–Crippen LogP) is 3.33. The van der Waals surface area contributed by atoms with E-state index in [1.165, 1.54) is 54.4 Å². The summed E-state index contributed by atoms with van der Waals surface area (Å²) >= 11 is 1.87. The standard InChI is InChI=1S/C14H25N3S/c1-4-12-8-6-5-7-9-17(12)14-16-11(2)13(18-14)10-15-3/h12,15H,4-10H2,1-3H3. The normalized spacial score (nSPS) is 21.1. The Labute approximate surface area is 115 Å². The molecule has 2 heterocycles. The molecule has 3 nitrogen and oxygen atoms in total. The van der Waals surface area contributed by atoms with E-state index >= 15 is 0 Å². The van der Waals surface area contributed by atoms with Gasteiger partial charge in [0.05, 0.1) is 5.69 Å². The molecular weight excluding hydrogens is 242 g/mol. The zero-order valence-electron chi connectivity index (χ0n) is 11.8. The number of hydrogen-bond donors (Lipinski definition) is 1. The van der Waals surface area contributed by atoms with Crippen LogP contribution in [0.1, 0.15) is 49.6 Å². The third-order valence-electron chi connectivity index (χ3n) is 3.81. The van der Waals surface area contributed by atoms with Gasteiger partial charge in [0.2, 0.25) is 0 Å². The minimum Gasteiger partial charge on any atom is -0.345 e. The van der Waals surface area contributed by atoms with E-state index in [1.54, 1.807) is 0 Å². The number of nitrogens with zero attached hydrogens (tertiary/aromatic N) is 2. The Bertz CT molecular complexity index is 375. The molecule has 1 saturated heterocycles. The summed E-state index contributed by atoms with van der Waals surface area (Å²) in [5.41, 5.74) is 1.20. The highest BCUT2D eigenvalue weighted by atomic mass is 32.1. The second-order valence-electron chi connectivity index (χ2n) is 5.14. The molecule has 0 spiro atoms. The van der Waals surface area contributed by atoms with E-state index in [2.05, 4.69) is 24.1 Å². The van der Waals surface area contributed by atoms with E-state index in [-0.39, 0.29) is 0 Å². The van der Waals surface area contributed by atoms with Crippen molar-refractivity contribution in [3.05, 3.63) is 10.6 Å². The molecule has 0 aliphatic carbocycles. The zero-order valence-corrected chi connectivity index (χ0v) is 12.6. The first kappa shape index (κ1) is 13.8. The van der Waals surface area contributed by atoms with Gasteiger partial charge in [0.25, 0.3) is 0 Å². The van der Waals surface area contributed by atoms with Crippen molar-refractivity contribution in [2.75, 3.05) is 18.5 Å². The Morgan fingerprint density at radius 2 is 2.22 bits per heavy atom. The molecular formula is C14H25N3S. The van der Waals surface area contributed by atoms with Crippen LogP contribution in [-0.4, -0.2) is 24.6 Å². The van der Waals surface area contributed by atoms with Crippen LogP contribution in [0.2, 0.25) is 0 Å². The SMILES string of the molecule is CCC1CCCCCN1c1nc(C)c(CNC)s1. The molecule has 18 heavy (non-hydrogen) atoms. The molecule has 2 rings (SSSR count). The van der Waals surface area contributed by atoms with Crippen LogP contribution in [0.3, 0.4) is 0 Å². The quantitative estimate of drug-likeness (QED) is 0.907.